The lowest BCUT2D eigenvalue weighted by molar-refractivity contribution is 0.0478. The smallest absolute Gasteiger partial charge is 0.349 e. The van der Waals surface area contributed by atoms with Crippen LogP contribution in [-0.2, 0) is 17.9 Å². The number of aryl methyl sites for hydroxylation is 1. The highest BCUT2D eigenvalue weighted by molar-refractivity contribution is 7.20. The average molecular weight is 494 g/mol. The molecule has 0 bridgehead atoms. The van der Waals surface area contributed by atoms with E-state index in [0.717, 1.165) is 16.9 Å². The maximum Gasteiger partial charge on any atom is 0.349 e. The van der Waals surface area contributed by atoms with Crippen molar-refractivity contribution in [2.75, 3.05) is 0 Å². The predicted octanol–water partition coefficient (Wildman–Crippen LogP) is 6.13. The van der Waals surface area contributed by atoms with Crippen LogP contribution in [0.15, 0.2) is 53.6 Å². The fraction of sp³-hybridized carbons (Fsp3) is 0.136. The topological polar surface area (TPSA) is 61.2 Å². The number of esters is 1. The first kappa shape index (κ1) is 21.8. The zero-order valence-electron chi connectivity index (χ0n) is 16.2. The molecule has 0 atom stereocenters. The van der Waals surface area contributed by atoms with Crippen molar-refractivity contribution in [3.63, 3.8) is 0 Å². The lowest BCUT2D eigenvalue weighted by Crippen LogP contribution is -2.21. The molecule has 5 nitrogen and oxygen atoms in total. The lowest BCUT2D eigenvalue weighted by atomic mass is 10.2. The first-order valence-electron chi connectivity index (χ1n) is 9.18. The third-order valence-corrected chi connectivity index (χ3v) is 7.16. The van der Waals surface area contributed by atoms with Crippen molar-refractivity contribution in [2.45, 2.75) is 20.1 Å². The van der Waals surface area contributed by atoms with Crippen molar-refractivity contribution in [1.29, 1.82) is 0 Å². The Morgan fingerprint density at radius 3 is 2.55 bits per heavy atom. The van der Waals surface area contributed by atoms with Crippen molar-refractivity contribution in [1.82, 2.24) is 9.55 Å². The Kier molecular flexibility index (Phi) is 6.34. The Bertz CT molecular complexity index is 1350. The molecule has 4 aromatic rings. The molecule has 0 aliphatic rings. The molecule has 0 amide bonds. The molecule has 0 fully saturated rings. The van der Waals surface area contributed by atoms with Crippen molar-refractivity contribution in [3.05, 3.63) is 95.8 Å². The summed E-state index contributed by atoms with van der Waals surface area (Å²) in [4.78, 5) is 30.9. The number of carbonyl (C=O) groups is 1. The first-order valence-corrected chi connectivity index (χ1v) is 11.1. The van der Waals surface area contributed by atoms with Gasteiger partial charge in [0.15, 0.2) is 0 Å². The second-order valence-corrected chi connectivity index (χ2v) is 8.99. The van der Waals surface area contributed by atoms with E-state index >= 15 is 0 Å². The number of rotatable bonds is 5. The molecule has 0 unspecified atom stereocenters. The Morgan fingerprint density at radius 1 is 1.10 bits per heavy atom. The Balaban J connectivity index is 1.66. The van der Waals surface area contributed by atoms with Crippen LogP contribution in [0.2, 0.25) is 15.1 Å². The molecular formula is C22H15Cl3N2O3S. The summed E-state index contributed by atoms with van der Waals surface area (Å²) in [6.45, 7) is 1.96. The summed E-state index contributed by atoms with van der Waals surface area (Å²) in [5, 5.41) is 1.40. The van der Waals surface area contributed by atoms with Crippen molar-refractivity contribution in [2.24, 2.45) is 0 Å². The molecule has 0 aliphatic carbocycles. The predicted molar refractivity (Wildman–Crippen MR) is 125 cm³/mol. The van der Waals surface area contributed by atoms with Crippen LogP contribution < -0.4 is 5.56 Å². The third kappa shape index (κ3) is 4.34. The summed E-state index contributed by atoms with van der Waals surface area (Å²) >= 11 is 19.7. The number of thiophene rings is 1. The van der Waals surface area contributed by atoms with Crippen LogP contribution in [-0.4, -0.2) is 15.5 Å². The number of carbonyl (C=O) groups excluding carboxylic acids is 1. The highest BCUT2D eigenvalue weighted by Gasteiger charge is 2.21. The van der Waals surface area contributed by atoms with E-state index in [1.54, 1.807) is 19.1 Å². The molecule has 0 N–H and O–H groups in total. The van der Waals surface area contributed by atoms with Gasteiger partial charge in [-0.3, -0.25) is 9.36 Å². The molecule has 0 saturated heterocycles. The van der Waals surface area contributed by atoms with E-state index in [-0.39, 0.29) is 23.7 Å². The molecule has 2 aromatic heterocycles. The fourth-order valence-electron chi connectivity index (χ4n) is 3.14. The maximum atomic E-state index is 13.1. The second kappa shape index (κ2) is 9.01. The van der Waals surface area contributed by atoms with Gasteiger partial charge in [0.1, 0.15) is 16.3 Å². The molecule has 158 valence electrons. The van der Waals surface area contributed by atoms with Gasteiger partial charge in [-0.2, -0.15) is 0 Å². The molecule has 9 heteroatoms. The second-order valence-electron chi connectivity index (χ2n) is 6.80. The van der Waals surface area contributed by atoms with Crippen molar-refractivity contribution >= 4 is 62.3 Å². The molecule has 4 rings (SSSR count). The number of benzene rings is 2. The highest BCUT2D eigenvalue weighted by Crippen LogP contribution is 2.32. The van der Waals surface area contributed by atoms with Crippen LogP contribution in [0, 0.1) is 6.92 Å². The highest BCUT2D eigenvalue weighted by atomic mass is 35.5. The summed E-state index contributed by atoms with van der Waals surface area (Å²) in [5.41, 5.74) is 1.64. The van der Waals surface area contributed by atoms with Gasteiger partial charge in [-0.05, 0) is 30.2 Å². The largest absolute Gasteiger partial charge is 0.457 e. The molecule has 2 aromatic carbocycles. The average Bonchev–Trinajstić information content (AvgIpc) is 3.11. The van der Waals surface area contributed by atoms with Crippen LogP contribution in [0.5, 0.6) is 0 Å². The Hall–Kier alpha value is -2.38. The quantitative estimate of drug-likeness (QED) is 0.248. The molecule has 0 radical (unpaired) electrons. The number of hydrogen-bond donors (Lipinski definition) is 0. The van der Waals surface area contributed by atoms with Crippen LogP contribution in [0.1, 0.15) is 26.4 Å². The summed E-state index contributed by atoms with van der Waals surface area (Å²) in [6.07, 6.45) is 1.41. The molecule has 31 heavy (non-hydrogen) atoms. The van der Waals surface area contributed by atoms with Gasteiger partial charge in [0.05, 0.1) is 28.3 Å². The molecule has 0 saturated carbocycles. The van der Waals surface area contributed by atoms with Gasteiger partial charge in [0.25, 0.3) is 5.56 Å². The third-order valence-electron chi connectivity index (χ3n) is 4.78. The lowest BCUT2D eigenvalue weighted by Gasteiger charge is -2.10. The minimum absolute atomic E-state index is 0.100. The van der Waals surface area contributed by atoms with Crippen LogP contribution in [0.3, 0.4) is 0 Å². The number of halogens is 3. The van der Waals surface area contributed by atoms with Gasteiger partial charge in [0, 0.05) is 10.6 Å². The minimum atomic E-state index is -0.490. The standard InChI is InChI=1S/C22H15Cl3N2O3S/c1-12-17-20(31-19(12)22(29)30-10-13-5-3-2-4-6-13)26-11-27(21(17)28)9-14-15(23)7-8-16(24)18(14)25/h2-8,11H,9-10H2,1H3. The van der Waals surface area contributed by atoms with Gasteiger partial charge in [0.2, 0.25) is 0 Å². The summed E-state index contributed by atoms with van der Waals surface area (Å²) < 4.78 is 6.81. The van der Waals surface area contributed by atoms with Gasteiger partial charge < -0.3 is 4.74 Å². The SMILES string of the molecule is Cc1c(C(=O)OCc2ccccc2)sc2ncn(Cc3c(Cl)ccc(Cl)c3Cl)c(=O)c12. The van der Waals surface area contributed by atoms with Gasteiger partial charge in [-0.1, -0.05) is 65.1 Å². The van der Waals surface area contributed by atoms with Crippen LogP contribution in [0.4, 0.5) is 0 Å². The Labute approximate surface area is 196 Å². The number of aromatic nitrogens is 2. The fourth-order valence-corrected chi connectivity index (χ4v) is 4.84. The van der Waals surface area contributed by atoms with E-state index in [2.05, 4.69) is 4.98 Å². The summed E-state index contributed by atoms with van der Waals surface area (Å²) in [6, 6.07) is 12.6. The number of fused-ring (bicyclic) bond motifs is 1. The van der Waals surface area contributed by atoms with E-state index in [1.807, 2.05) is 30.3 Å². The first-order chi connectivity index (χ1) is 14.9. The molecule has 0 aliphatic heterocycles. The van der Waals surface area contributed by atoms with Crippen molar-refractivity contribution < 1.29 is 9.53 Å². The van der Waals surface area contributed by atoms with Crippen LogP contribution in [0.25, 0.3) is 10.2 Å². The summed E-state index contributed by atoms with van der Waals surface area (Å²) in [5.74, 6) is -0.490. The zero-order valence-corrected chi connectivity index (χ0v) is 19.3. The summed E-state index contributed by atoms with van der Waals surface area (Å²) in [7, 11) is 0. The molecule has 0 spiro atoms. The van der Waals surface area contributed by atoms with Crippen LogP contribution >= 0.6 is 46.1 Å². The van der Waals surface area contributed by atoms with E-state index < -0.39 is 5.97 Å². The monoisotopic (exact) mass is 492 g/mol. The van der Waals surface area contributed by atoms with E-state index in [9.17, 15) is 9.59 Å². The van der Waals surface area contributed by atoms with E-state index in [4.69, 9.17) is 39.5 Å². The number of nitrogens with zero attached hydrogens (tertiary/aromatic N) is 2. The normalized spacial score (nSPS) is 11.1. The van der Waals surface area contributed by atoms with Gasteiger partial charge in [-0.15, -0.1) is 11.3 Å². The maximum absolute atomic E-state index is 13.1. The molecular weight excluding hydrogens is 479 g/mol. The zero-order chi connectivity index (χ0) is 22.1. The van der Waals surface area contributed by atoms with Gasteiger partial charge in [-0.25, -0.2) is 9.78 Å². The van der Waals surface area contributed by atoms with Crippen molar-refractivity contribution in [3.8, 4) is 0 Å². The minimum Gasteiger partial charge on any atom is -0.457 e. The molecule has 2 heterocycles. The number of hydrogen-bond acceptors (Lipinski definition) is 5. The Morgan fingerprint density at radius 2 is 1.81 bits per heavy atom. The van der Waals surface area contributed by atoms with E-state index in [1.165, 1.54) is 10.9 Å². The van der Waals surface area contributed by atoms with Gasteiger partial charge >= 0.3 is 5.97 Å². The number of ether oxygens (including phenoxy) is 1. The van der Waals surface area contributed by atoms with E-state index in [0.29, 0.717) is 36.3 Å².